The summed E-state index contributed by atoms with van der Waals surface area (Å²) < 4.78 is 17.2. The number of amides is 1. The van der Waals surface area contributed by atoms with Crippen LogP contribution < -0.4 is 5.32 Å². The van der Waals surface area contributed by atoms with Crippen LogP contribution >= 0.6 is 0 Å². The van der Waals surface area contributed by atoms with E-state index in [0.717, 1.165) is 0 Å². The molecule has 0 radical (unpaired) electrons. The molecule has 0 saturated carbocycles. The molecule has 9 heteroatoms. The van der Waals surface area contributed by atoms with Crippen molar-refractivity contribution in [3.63, 3.8) is 0 Å². The summed E-state index contributed by atoms with van der Waals surface area (Å²) in [6, 6.07) is 0. The van der Waals surface area contributed by atoms with Crippen molar-refractivity contribution in [3.8, 4) is 0 Å². The number of rotatable bonds is 7. The van der Waals surface area contributed by atoms with Gasteiger partial charge in [-0.3, -0.25) is 14.3 Å². The second-order valence-corrected chi connectivity index (χ2v) is 4.63. The number of imidazole rings is 1. The summed E-state index contributed by atoms with van der Waals surface area (Å²) in [7, 11) is 0. The van der Waals surface area contributed by atoms with Crippen molar-refractivity contribution in [2.45, 2.75) is 13.0 Å². The highest BCUT2D eigenvalue weighted by Crippen LogP contribution is 2.07. The first-order valence-electron chi connectivity index (χ1n) is 6.87. The van der Waals surface area contributed by atoms with Crippen molar-refractivity contribution in [3.05, 3.63) is 37.7 Å². The first-order valence-corrected chi connectivity index (χ1v) is 6.87. The zero-order chi connectivity index (χ0) is 16.7. The molecular weight excluding hydrogens is 304 g/mol. The molecule has 1 N–H and O–H groups in total. The normalized spacial score (nSPS) is 14.0. The monoisotopic (exact) mass is 322 g/mol. The van der Waals surface area contributed by atoms with Gasteiger partial charge in [0.05, 0.1) is 6.67 Å². The van der Waals surface area contributed by atoms with Crippen LogP contribution in [-0.2, 0) is 19.0 Å². The van der Waals surface area contributed by atoms with Gasteiger partial charge in [0.2, 0.25) is 0 Å². The molecule has 2 rings (SSSR count). The van der Waals surface area contributed by atoms with Crippen LogP contribution in [0.2, 0.25) is 0 Å². The maximum atomic E-state index is 11.8. The molecule has 0 bridgehead atoms. The van der Waals surface area contributed by atoms with Crippen LogP contribution in [0.5, 0.6) is 0 Å². The lowest BCUT2D eigenvalue weighted by Crippen LogP contribution is -2.34. The molecule has 1 aliphatic heterocycles. The van der Waals surface area contributed by atoms with E-state index in [9.17, 15) is 9.59 Å². The zero-order valence-corrected chi connectivity index (χ0v) is 12.7. The molecule has 1 unspecified atom stereocenters. The second-order valence-electron chi connectivity index (χ2n) is 4.63. The van der Waals surface area contributed by atoms with Gasteiger partial charge in [-0.1, -0.05) is 0 Å². The Labute approximate surface area is 133 Å². The molecule has 1 amide bonds. The Hall–Kier alpha value is -2.97. The van der Waals surface area contributed by atoms with E-state index >= 15 is 0 Å². The number of nitrogens with zero attached hydrogens (tertiary/aromatic N) is 3. The summed E-state index contributed by atoms with van der Waals surface area (Å²) in [6.45, 7) is 5.22. The van der Waals surface area contributed by atoms with Gasteiger partial charge in [0.1, 0.15) is 19.5 Å². The van der Waals surface area contributed by atoms with Crippen molar-refractivity contribution >= 4 is 17.9 Å². The van der Waals surface area contributed by atoms with Gasteiger partial charge in [-0.25, -0.2) is 9.78 Å². The predicted octanol–water partition coefficient (Wildman–Crippen LogP) is 0.730. The van der Waals surface area contributed by atoms with Crippen molar-refractivity contribution in [1.29, 1.82) is 0 Å². The Morgan fingerprint density at radius 3 is 2.78 bits per heavy atom. The Bertz CT molecular complexity index is 584. The quantitative estimate of drug-likeness (QED) is 0.584. The van der Waals surface area contributed by atoms with Crippen molar-refractivity contribution in [2.24, 2.45) is 0 Å². The average Bonchev–Trinajstić information content (AvgIpc) is 3.21. The van der Waals surface area contributed by atoms with E-state index in [0.29, 0.717) is 12.6 Å². The molecule has 0 aliphatic carbocycles. The van der Waals surface area contributed by atoms with Crippen LogP contribution in [0, 0.1) is 0 Å². The van der Waals surface area contributed by atoms with Crippen LogP contribution in [0.25, 0.3) is 5.88 Å². The zero-order valence-electron chi connectivity index (χ0n) is 12.7. The fourth-order valence-electron chi connectivity index (χ4n) is 1.74. The smallest absolute Gasteiger partial charge is 0.415 e. The molecule has 1 atom stereocenters. The van der Waals surface area contributed by atoms with E-state index in [1.54, 1.807) is 29.4 Å². The highest BCUT2D eigenvalue weighted by atomic mass is 16.6. The molecule has 23 heavy (non-hydrogen) atoms. The van der Waals surface area contributed by atoms with Crippen LogP contribution in [0.15, 0.2) is 37.7 Å². The highest BCUT2D eigenvalue weighted by Gasteiger charge is 2.20. The Morgan fingerprint density at radius 2 is 2.17 bits per heavy atom. The number of carbonyl (C=O) groups excluding carboxylic acids is 2. The van der Waals surface area contributed by atoms with Crippen LogP contribution in [0.3, 0.4) is 0 Å². The number of aromatic nitrogens is 2. The predicted molar refractivity (Wildman–Crippen MR) is 79.4 cm³/mol. The Morgan fingerprint density at radius 1 is 1.39 bits per heavy atom. The fourth-order valence-corrected chi connectivity index (χ4v) is 1.74. The molecule has 0 fully saturated rings. The molecule has 0 spiro atoms. The largest absolute Gasteiger partial charge is 0.475 e. The van der Waals surface area contributed by atoms with Gasteiger partial charge < -0.3 is 19.5 Å². The molecule has 0 aromatic carbocycles. The maximum Gasteiger partial charge on any atom is 0.415 e. The number of hydrogen-bond acceptors (Lipinski definition) is 7. The topological polar surface area (TPSA) is 94.9 Å². The van der Waals surface area contributed by atoms with E-state index in [4.69, 9.17) is 14.2 Å². The summed E-state index contributed by atoms with van der Waals surface area (Å²) >= 11 is 0. The molecule has 0 saturated heterocycles. The van der Waals surface area contributed by atoms with Crippen LogP contribution in [-0.4, -0.2) is 52.5 Å². The van der Waals surface area contributed by atoms with E-state index < -0.39 is 18.2 Å². The first kappa shape index (κ1) is 16.4. The highest BCUT2D eigenvalue weighted by molar-refractivity contribution is 5.69. The van der Waals surface area contributed by atoms with E-state index in [1.807, 2.05) is 0 Å². The molecule has 2 heterocycles. The van der Waals surface area contributed by atoms with Gasteiger partial charge in [-0.05, 0) is 6.58 Å². The average molecular weight is 322 g/mol. The number of hydrogen-bond donors (Lipinski definition) is 1. The van der Waals surface area contributed by atoms with Gasteiger partial charge in [-0.2, -0.15) is 0 Å². The fraction of sp³-hybridized carbons (Fsp3) is 0.357. The SMILES string of the molecule is C=C(OCC(COC(=O)N1C=CNC1)OC(C)=O)n1ccnc1. The number of esters is 1. The van der Waals surface area contributed by atoms with Gasteiger partial charge in [0, 0.05) is 31.7 Å². The number of ether oxygens (including phenoxy) is 3. The Balaban J connectivity index is 1.81. The lowest BCUT2D eigenvalue weighted by atomic mass is 10.4. The molecular formula is C14H18N4O5. The van der Waals surface area contributed by atoms with E-state index in [1.165, 1.54) is 18.2 Å². The Kier molecular flexibility index (Phi) is 5.61. The third-order valence-corrected chi connectivity index (χ3v) is 2.82. The third-order valence-electron chi connectivity index (χ3n) is 2.82. The summed E-state index contributed by atoms with van der Waals surface area (Å²) in [5.74, 6) is -0.178. The second kappa shape index (κ2) is 7.87. The van der Waals surface area contributed by atoms with Crippen molar-refractivity contribution in [2.75, 3.05) is 19.9 Å². The van der Waals surface area contributed by atoms with Crippen LogP contribution in [0.4, 0.5) is 4.79 Å². The van der Waals surface area contributed by atoms with Gasteiger partial charge in [0.25, 0.3) is 0 Å². The molecule has 9 nitrogen and oxygen atoms in total. The van der Waals surface area contributed by atoms with E-state index in [2.05, 4.69) is 16.9 Å². The third kappa shape index (κ3) is 5.06. The number of carbonyl (C=O) groups is 2. The van der Waals surface area contributed by atoms with E-state index in [-0.39, 0.29) is 13.2 Å². The minimum absolute atomic E-state index is 0.00202. The standard InChI is InChI=1S/C14H18N4O5/c1-11(17-5-3-15-9-17)21-7-13(23-12(2)19)8-22-14(20)18-6-4-16-10-18/h3-6,9,13,16H,1,7-8,10H2,2H3. The molecule has 124 valence electrons. The minimum atomic E-state index is -0.740. The summed E-state index contributed by atoms with van der Waals surface area (Å²) in [4.78, 5) is 28.1. The van der Waals surface area contributed by atoms with Gasteiger partial charge in [0.15, 0.2) is 12.0 Å². The molecule has 1 aromatic heterocycles. The number of nitrogens with one attached hydrogen (secondary N) is 1. The van der Waals surface area contributed by atoms with Gasteiger partial charge >= 0.3 is 12.1 Å². The van der Waals surface area contributed by atoms with Gasteiger partial charge in [-0.15, -0.1) is 0 Å². The minimum Gasteiger partial charge on any atom is -0.475 e. The first-order chi connectivity index (χ1) is 11.1. The summed E-state index contributed by atoms with van der Waals surface area (Å²) in [5.41, 5.74) is 0. The summed E-state index contributed by atoms with van der Waals surface area (Å²) in [6.07, 6.45) is 6.67. The molecule has 1 aliphatic rings. The van der Waals surface area contributed by atoms with Crippen molar-refractivity contribution < 1.29 is 23.8 Å². The van der Waals surface area contributed by atoms with Crippen molar-refractivity contribution in [1.82, 2.24) is 19.8 Å². The lowest BCUT2D eigenvalue weighted by molar-refractivity contribution is -0.150. The lowest BCUT2D eigenvalue weighted by Gasteiger charge is -2.20. The summed E-state index contributed by atoms with van der Waals surface area (Å²) in [5, 5.41) is 2.84. The van der Waals surface area contributed by atoms with Crippen LogP contribution in [0.1, 0.15) is 6.92 Å². The maximum absolute atomic E-state index is 11.8. The molecule has 1 aromatic rings.